The number of urea groups is 1. The lowest BCUT2D eigenvalue weighted by Gasteiger charge is -2.22. The average Bonchev–Trinajstić information content (AvgIpc) is 2.43. The van der Waals surface area contributed by atoms with Crippen LogP contribution >= 0.6 is 0 Å². The van der Waals surface area contributed by atoms with Crippen LogP contribution in [0.15, 0.2) is 24.3 Å². The zero-order valence-electron chi connectivity index (χ0n) is 12.6. The number of carboxylic acid groups (broad SMARTS) is 1. The summed E-state index contributed by atoms with van der Waals surface area (Å²) >= 11 is 0. The lowest BCUT2D eigenvalue weighted by Crippen LogP contribution is -2.45. The number of rotatable bonds is 7. The Morgan fingerprint density at radius 2 is 1.95 bits per heavy atom. The van der Waals surface area contributed by atoms with Crippen molar-refractivity contribution in [2.45, 2.75) is 26.9 Å². The molecular weight excluding hydrogens is 272 g/mol. The van der Waals surface area contributed by atoms with Gasteiger partial charge < -0.3 is 15.2 Å². The van der Waals surface area contributed by atoms with Gasteiger partial charge in [-0.25, -0.2) is 4.79 Å². The van der Waals surface area contributed by atoms with Crippen LogP contribution in [0.3, 0.4) is 0 Å². The van der Waals surface area contributed by atoms with E-state index in [-0.39, 0.29) is 6.10 Å². The highest BCUT2D eigenvalue weighted by Crippen LogP contribution is 2.15. The normalized spacial score (nSPS) is 11.8. The number of hydrogen-bond acceptors (Lipinski definition) is 3. The number of nitrogens with one attached hydrogen (secondary N) is 1. The van der Waals surface area contributed by atoms with Gasteiger partial charge in [0.1, 0.15) is 6.54 Å². The van der Waals surface area contributed by atoms with Crippen molar-refractivity contribution in [2.75, 3.05) is 24.6 Å². The maximum atomic E-state index is 12.2. The Morgan fingerprint density at radius 3 is 2.48 bits per heavy atom. The number of benzene rings is 1. The number of carboxylic acids is 1. The van der Waals surface area contributed by atoms with E-state index in [1.807, 2.05) is 32.9 Å². The number of nitrogens with zero attached hydrogens (tertiary/aromatic N) is 1. The highest BCUT2D eigenvalue weighted by molar-refractivity contribution is 5.96. The average molecular weight is 294 g/mol. The molecule has 0 aromatic heterocycles. The molecule has 21 heavy (non-hydrogen) atoms. The van der Waals surface area contributed by atoms with Gasteiger partial charge in [0.15, 0.2) is 0 Å². The highest BCUT2D eigenvalue weighted by atomic mass is 16.5. The van der Waals surface area contributed by atoms with E-state index in [4.69, 9.17) is 9.84 Å². The summed E-state index contributed by atoms with van der Waals surface area (Å²) in [5.41, 5.74) is 1.59. The second kappa shape index (κ2) is 8.26. The molecule has 2 N–H and O–H groups in total. The number of aryl methyl sites for hydroxylation is 1. The largest absolute Gasteiger partial charge is 0.480 e. The molecule has 2 amide bonds. The number of amides is 2. The Kier molecular flexibility index (Phi) is 6.68. The number of carbonyl (C=O) groups is 2. The van der Waals surface area contributed by atoms with E-state index >= 15 is 0 Å². The number of anilines is 1. The molecule has 0 spiro atoms. The number of aliphatic carboxylic acids is 1. The van der Waals surface area contributed by atoms with Crippen molar-refractivity contribution >= 4 is 17.7 Å². The van der Waals surface area contributed by atoms with Crippen molar-refractivity contribution in [3.8, 4) is 0 Å². The first kappa shape index (κ1) is 17.0. The fourth-order valence-corrected chi connectivity index (χ4v) is 1.81. The fourth-order valence-electron chi connectivity index (χ4n) is 1.81. The minimum absolute atomic E-state index is 0.122. The summed E-state index contributed by atoms with van der Waals surface area (Å²) in [6.07, 6.45) is -0.122. The predicted octanol–water partition coefficient (Wildman–Crippen LogP) is 2.02. The molecule has 0 aliphatic rings. The van der Waals surface area contributed by atoms with E-state index in [2.05, 4.69) is 5.32 Å². The molecule has 6 nitrogen and oxygen atoms in total. The Morgan fingerprint density at radius 1 is 1.33 bits per heavy atom. The molecule has 116 valence electrons. The molecule has 1 aromatic rings. The van der Waals surface area contributed by atoms with Crippen LogP contribution < -0.4 is 10.2 Å². The van der Waals surface area contributed by atoms with Crippen LogP contribution in [0.25, 0.3) is 0 Å². The molecule has 0 aliphatic heterocycles. The van der Waals surface area contributed by atoms with Gasteiger partial charge in [0.2, 0.25) is 0 Å². The lowest BCUT2D eigenvalue weighted by molar-refractivity contribution is -0.135. The summed E-state index contributed by atoms with van der Waals surface area (Å²) < 4.78 is 5.32. The van der Waals surface area contributed by atoms with Crippen LogP contribution in [0.5, 0.6) is 0 Å². The summed E-state index contributed by atoms with van der Waals surface area (Å²) in [6.45, 7) is 6.15. The topological polar surface area (TPSA) is 78.9 Å². The molecule has 0 saturated carbocycles. The van der Waals surface area contributed by atoms with E-state index in [1.54, 1.807) is 12.1 Å². The standard InChI is InChI=1S/C15H22N2O4/c1-4-21-12(3)9-16-15(20)17(10-14(18)19)13-7-5-11(2)6-8-13/h5-8,12H,4,9-10H2,1-3H3,(H,16,20)(H,18,19). The Labute approximate surface area is 124 Å². The molecule has 0 heterocycles. The third-order valence-electron chi connectivity index (χ3n) is 2.88. The van der Waals surface area contributed by atoms with Crippen molar-refractivity contribution in [1.82, 2.24) is 5.32 Å². The van der Waals surface area contributed by atoms with Crippen LogP contribution in [-0.2, 0) is 9.53 Å². The zero-order valence-corrected chi connectivity index (χ0v) is 12.6. The van der Waals surface area contributed by atoms with Crippen molar-refractivity contribution in [2.24, 2.45) is 0 Å². The second-order valence-corrected chi connectivity index (χ2v) is 4.77. The van der Waals surface area contributed by atoms with Crippen LogP contribution in [-0.4, -0.2) is 42.9 Å². The van der Waals surface area contributed by atoms with Crippen molar-refractivity contribution in [3.05, 3.63) is 29.8 Å². The zero-order chi connectivity index (χ0) is 15.8. The minimum atomic E-state index is -1.07. The smallest absolute Gasteiger partial charge is 0.323 e. The first-order valence-corrected chi connectivity index (χ1v) is 6.89. The van der Waals surface area contributed by atoms with E-state index in [1.165, 1.54) is 4.90 Å². The van der Waals surface area contributed by atoms with Crippen molar-refractivity contribution in [1.29, 1.82) is 0 Å². The quantitative estimate of drug-likeness (QED) is 0.806. The van der Waals surface area contributed by atoms with E-state index in [0.717, 1.165) is 5.56 Å². The van der Waals surface area contributed by atoms with E-state index < -0.39 is 18.5 Å². The molecular formula is C15H22N2O4. The summed E-state index contributed by atoms with van der Waals surface area (Å²) in [6, 6.07) is 6.67. The first-order valence-electron chi connectivity index (χ1n) is 6.89. The molecule has 0 fully saturated rings. The van der Waals surface area contributed by atoms with E-state index in [9.17, 15) is 9.59 Å². The lowest BCUT2D eigenvalue weighted by atomic mass is 10.2. The summed E-state index contributed by atoms with van der Waals surface area (Å²) in [5.74, 6) is -1.07. The molecule has 1 unspecified atom stereocenters. The van der Waals surface area contributed by atoms with Crippen molar-refractivity contribution in [3.63, 3.8) is 0 Å². The number of carbonyl (C=O) groups excluding carboxylic acids is 1. The van der Waals surface area contributed by atoms with Gasteiger partial charge in [0, 0.05) is 18.8 Å². The van der Waals surface area contributed by atoms with E-state index in [0.29, 0.717) is 18.8 Å². The molecule has 1 atom stereocenters. The molecule has 1 aromatic carbocycles. The predicted molar refractivity (Wildman–Crippen MR) is 80.6 cm³/mol. The SMILES string of the molecule is CCOC(C)CNC(=O)N(CC(=O)O)c1ccc(C)cc1. The van der Waals surface area contributed by atoms with Crippen molar-refractivity contribution < 1.29 is 19.4 Å². The molecule has 0 bridgehead atoms. The Hall–Kier alpha value is -2.08. The summed E-state index contributed by atoms with van der Waals surface area (Å²) in [4.78, 5) is 24.3. The third kappa shape index (κ3) is 5.83. The van der Waals surface area contributed by atoms with Gasteiger partial charge in [-0.15, -0.1) is 0 Å². The van der Waals surface area contributed by atoms with Crippen LogP contribution in [0.2, 0.25) is 0 Å². The van der Waals surface area contributed by atoms with Crippen LogP contribution in [0, 0.1) is 6.92 Å². The van der Waals surface area contributed by atoms with Gasteiger partial charge in [-0.3, -0.25) is 9.69 Å². The third-order valence-corrected chi connectivity index (χ3v) is 2.88. The molecule has 1 rings (SSSR count). The van der Waals surface area contributed by atoms with Crippen LogP contribution in [0.4, 0.5) is 10.5 Å². The minimum Gasteiger partial charge on any atom is -0.480 e. The molecule has 0 saturated heterocycles. The molecule has 0 radical (unpaired) electrons. The Bertz CT molecular complexity index is 473. The highest BCUT2D eigenvalue weighted by Gasteiger charge is 2.19. The van der Waals surface area contributed by atoms with Gasteiger partial charge in [-0.05, 0) is 32.9 Å². The summed E-state index contributed by atoms with van der Waals surface area (Å²) in [5, 5.41) is 11.6. The monoisotopic (exact) mass is 294 g/mol. The van der Waals surface area contributed by atoms with Gasteiger partial charge in [0.05, 0.1) is 6.10 Å². The van der Waals surface area contributed by atoms with Gasteiger partial charge in [-0.2, -0.15) is 0 Å². The van der Waals surface area contributed by atoms with Gasteiger partial charge in [-0.1, -0.05) is 17.7 Å². The Balaban J connectivity index is 2.75. The maximum Gasteiger partial charge on any atom is 0.323 e. The molecule has 6 heteroatoms. The second-order valence-electron chi connectivity index (χ2n) is 4.77. The van der Waals surface area contributed by atoms with Crippen LogP contribution in [0.1, 0.15) is 19.4 Å². The first-order chi connectivity index (χ1) is 9.93. The van der Waals surface area contributed by atoms with Gasteiger partial charge in [0.25, 0.3) is 0 Å². The molecule has 0 aliphatic carbocycles. The number of hydrogen-bond donors (Lipinski definition) is 2. The summed E-state index contributed by atoms with van der Waals surface area (Å²) in [7, 11) is 0. The van der Waals surface area contributed by atoms with Gasteiger partial charge >= 0.3 is 12.0 Å². The maximum absolute atomic E-state index is 12.2. The number of ether oxygens (including phenoxy) is 1. The fraction of sp³-hybridized carbons (Fsp3) is 0.467.